The van der Waals surface area contributed by atoms with Crippen LogP contribution >= 0.6 is 0 Å². The minimum Gasteiger partial charge on any atom is -0.367 e. The average Bonchev–Trinajstić information content (AvgIpc) is 2.46. The molecule has 2 heterocycles. The van der Waals surface area contributed by atoms with Gasteiger partial charge in [-0.3, -0.25) is 5.10 Å². The summed E-state index contributed by atoms with van der Waals surface area (Å²) >= 11 is 0. The highest BCUT2D eigenvalue weighted by Gasteiger charge is 2.20. The largest absolute Gasteiger partial charge is 0.367 e. The van der Waals surface area contributed by atoms with Crippen molar-refractivity contribution in [2.75, 3.05) is 18.0 Å². The van der Waals surface area contributed by atoms with E-state index >= 15 is 0 Å². The van der Waals surface area contributed by atoms with Crippen LogP contribution in [0.4, 0.5) is 5.69 Å². The number of nitrogens with one attached hydrogen (secondary N) is 1. The fraction of sp³-hybridized carbons (Fsp3) is 0.700. The van der Waals surface area contributed by atoms with Crippen molar-refractivity contribution in [1.82, 2.24) is 10.2 Å². The Hall–Kier alpha value is -1.03. The second kappa shape index (κ2) is 3.61. The van der Waals surface area contributed by atoms with E-state index < -0.39 is 0 Å². The first-order valence-electron chi connectivity index (χ1n) is 5.20. The standard InChI is InChI=1S/C10H18N4/c1-7-10(8(2)13-12-7)14-5-3-4-9(11)6-14/h9H,3-6,11H2,1-2H3,(H,12,13). The smallest absolute Gasteiger partial charge is 0.0827 e. The second-order valence-corrected chi connectivity index (χ2v) is 4.13. The zero-order valence-electron chi connectivity index (χ0n) is 8.88. The molecule has 1 atom stereocenters. The first-order chi connectivity index (χ1) is 6.68. The molecule has 78 valence electrons. The molecule has 14 heavy (non-hydrogen) atoms. The van der Waals surface area contributed by atoms with Crippen LogP contribution in [0.2, 0.25) is 0 Å². The molecule has 0 radical (unpaired) electrons. The minimum atomic E-state index is 0.317. The van der Waals surface area contributed by atoms with Crippen LogP contribution in [0.1, 0.15) is 24.2 Å². The minimum absolute atomic E-state index is 0.317. The summed E-state index contributed by atoms with van der Waals surface area (Å²) in [5.74, 6) is 0. The Morgan fingerprint density at radius 1 is 1.50 bits per heavy atom. The maximum atomic E-state index is 5.96. The van der Waals surface area contributed by atoms with Gasteiger partial charge in [0.1, 0.15) is 0 Å². The van der Waals surface area contributed by atoms with E-state index in [0.29, 0.717) is 6.04 Å². The summed E-state index contributed by atoms with van der Waals surface area (Å²) in [5, 5.41) is 7.23. The van der Waals surface area contributed by atoms with Crippen molar-refractivity contribution in [2.24, 2.45) is 5.73 Å². The highest BCUT2D eigenvalue weighted by molar-refractivity contribution is 5.54. The van der Waals surface area contributed by atoms with E-state index in [-0.39, 0.29) is 0 Å². The van der Waals surface area contributed by atoms with Crippen LogP contribution in [-0.4, -0.2) is 29.3 Å². The van der Waals surface area contributed by atoms with Gasteiger partial charge in [-0.25, -0.2) is 0 Å². The number of aromatic amines is 1. The lowest BCUT2D eigenvalue weighted by Gasteiger charge is -2.32. The number of H-pyrrole nitrogens is 1. The maximum Gasteiger partial charge on any atom is 0.0827 e. The molecule has 1 aliphatic rings. The summed E-state index contributed by atoms with van der Waals surface area (Å²) in [5.41, 5.74) is 9.44. The van der Waals surface area contributed by atoms with Gasteiger partial charge in [-0.1, -0.05) is 0 Å². The molecule has 1 aromatic rings. The number of piperidine rings is 1. The Bertz CT molecular complexity index is 298. The fourth-order valence-corrected chi connectivity index (χ4v) is 2.22. The van der Waals surface area contributed by atoms with Gasteiger partial charge in [0.2, 0.25) is 0 Å². The predicted octanol–water partition coefficient (Wildman–Crippen LogP) is 0.954. The summed E-state index contributed by atoms with van der Waals surface area (Å²) in [6.07, 6.45) is 2.33. The molecule has 0 spiro atoms. The number of nitrogens with zero attached hydrogens (tertiary/aromatic N) is 2. The Morgan fingerprint density at radius 3 is 2.86 bits per heavy atom. The van der Waals surface area contributed by atoms with E-state index in [9.17, 15) is 0 Å². The van der Waals surface area contributed by atoms with Crippen molar-refractivity contribution >= 4 is 5.69 Å². The number of anilines is 1. The number of hydrogen-bond donors (Lipinski definition) is 2. The molecule has 0 amide bonds. The first-order valence-corrected chi connectivity index (χ1v) is 5.20. The number of aromatic nitrogens is 2. The van der Waals surface area contributed by atoms with Crippen molar-refractivity contribution in [1.29, 1.82) is 0 Å². The summed E-state index contributed by atoms with van der Waals surface area (Å²) in [7, 11) is 0. The van der Waals surface area contributed by atoms with Crippen LogP contribution < -0.4 is 10.6 Å². The molecule has 1 aromatic heterocycles. The van der Waals surface area contributed by atoms with E-state index in [1.807, 2.05) is 6.92 Å². The summed E-state index contributed by atoms with van der Waals surface area (Å²) < 4.78 is 0. The zero-order valence-corrected chi connectivity index (χ0v) is 8.88. The Balaban J connectivity index is 2.21. The lowest BCUT2D eigenvalue weighted by molar-refractivity contribution is 0.505. The average molecular weight is 194 g/mol. The third kappa shape index (κ3) is 1.62. The Kier molecular flexibility index (Phi) is 2.46. The van der Waals surface area contributed by atoms with Gasteiger partial charge in [-0.05, 0) is 26.7 Å². The molecule has 1 unspecified atom stereocenters. The topological polar surface area (TPSA) is 57.9 Å². The van der Waals surface area contributed by atoms with Crippen LogP contribution in [0.3, 0.4) is 0 Å². The van der Waals surface area contributed by atoms with Gasteiger partial charge in [-0.15, -0.1) is 0 Å². The third-order valence-electron chi connectivity index (χ3n) is 2.86. The van der Waals surface area contributed by atoms with E-state index in [1.54, 1.807) is 0 Å². The summed E-state index contributed by atoms with van der Waals surface area (Å²) in [6.45, 7) is 6.17. The van der Waals surface area contributed by atoms with Crippen molar-refractivity contribution in [3.8, 4) is 0 Å². The zero-order chi connectivity index (χ0) is 10.1. The first kappa shape index (κ1) is 9.52. The van der Waals surface area contributed by atoms with Crippen LogP contribution in [0.5, 0.6) is 0 Å². The lowest BCUT2D eigenvalue weighted by atomic mass is 10.1. The van der Waals surface area contributed by atoms with Crippen molar-refractivity contribution < 1.29 is 0 Å². The molecule has 4 heteroatoms. The van der Waals surface area contributed by atoms with Gasteiger partial charge in [0.15, 0.2) is 0 Å². The van der Waals surface area contributed by atoms with Gasteiger partial charge in [0.05, 0.1) is 17.1 Å². The van der Waals surface area contributed by atoms with Gasteiger partial charge < -0.3 is 10.6 Å². The molecule has 0 bridgehead atoms. The third-order valence-corrected chi connectivity index (χ3v) is 2.86. The number of hydrogen-bond acceptors (Lipinski definition) is 3. The van der Waals surface area contributed by atoms with Crippen LogP contribution in [0.25, 0.3) is 0 Å². The number of rotatable bonds is 1. The highest BCUT2D eigenvalue weighted by Crippen LogP contribution is 2.24. The summed E-state index contributed by atoms with van der Waals surface area (Å²) in [6, 6.07) is 0.317. The van der Waals surface area contributed by atoms with Gasteiger partial charge >= 0.3 is 0 Å². The van der Waals surface area contributed by atoms with E-state index in [0.717, 1.165) is 30.9 Å². The quantitative estimate of drug-likeness (QED) is 0.700. The van der Waals surface area contributed by atoms with Crippen LogP contribution in [-0.2, 0) is 0 Å². The summed E-state index contributed by atoms with van der Waals surface area (Å²) in [4.78, 5) is 2.35. The predicted molar refractivity (Wildman–Crippen MR) is 57.5 cm³/mol. The van der Waals surface area contributed by atoms with Gasteiger partial charge in [0.25, 0.3) is 0 Å². The Morgan fingerprint density at radius 2 is 2.29 bits per heavy atom. The second-order valence-electron chi connectivity index (χ2n) is 4.13. The molecule has 0 aromatic carbocycles. The fourth-order valence-electron chi connectivity index (χ4n) is 2.22. The number of nitrogens with two attached hydrogens (primary N) is 1. The Labute approximate surface area is 84.5 Å². The van der Waals surface area contributed by atoms with Crippen molar-refractivity contribution in [3.05, 3.63) is 11.4 Å². The molecule has 4 nitrogen and oxygen atoms in total. The van der Waals surface area contributed by atoms with E-state index in [2.05, 4.69) is 22.0 Å². The molecule has 2 rings (SSSR count). The normalized spacial score (nSPS) is 22.8. The van der Waals surface area contributed by atoms with E-state index in [4.69, 9.17) is 5.73 Å². The van der Waals surface area contributed by atoms with E-state index in [1.165, 1.54) is 12.1 Å². The number of aryl methyl sites for hydroxylation is 2. The molecular weight excluding hydrogens is 176 g/mol. The van der Waals surface area contributed by atoms with Crippen LogP contribution in [0.15, 0.2) is 0 Å². The van der Waals surface area contributed by atoms with Gasteiger partial charge in [-0.2, -0.15) is 5.10 Å². The molecule has 0 saturated carbocycles. The molecule has 1 fully saturated rings. The van der Waals surface area contributed by atoms with Crippen LogP contribution in [0, 0.1) is 13.8 Å². The molecule has 1 aliphatic heterocycles. The molecule has 1 saturated heterocycles. The van der Waals surface area contributed by atoms with Gasteiger partial charge in [0, 0.05) is 19.1 Å². The van der Waals surface area contributed by atoms with Crippen molar-refractivity contribution in [2.45, 2.75) is 32.7 Å². The lowest BCUT2D eigenvalue weighted by Crippen LogP contribution is -2.43. The van der Waals surface area contributed by atoms with Crippen molar-refractivity contribution in [3.63, 3.8) is 0 Å². The maximum absolute atomic E-state index is 5.96. The monoisotopic (exact) mass is 194 g/mol. The highest BCUT2D eigenvalue weighted by atomic mass is 15.2. The molecular formula is C10H18N4. The SMILES string of the molecule is Cc1n[nH]c(C)c1N1CCCC(N)C1. The molecule has 0 aliphatic carbocycles. The molecule has 3 N–H and O–H groups in total.